The molecule has 10 heteroatoms. The second-order valence-electron chi connectivity index (χ2n) is 3.80. The average Bonchev–Trinajstić information content (AvgIpc) is 2.39. The predicted octanol–water partition coefficient (Wildman–Crippen LogP) is 1.21. The van der Waals surface area contributed by atoms with Crippen LogP contribution in [0.3, 0.4) is 0 Å². The van der Waals surface area contributed by atoms with Crippen molar-refractivity contribution in [2.45, 2.75) is 6.42 Å². The molecule has 0 bridgehead atoms. The van der Waals surface area contributed by atoms with Crippen LogP contribution in [0.15, 0.2) is 12.1 Å². The van der Waals surface area contributed by atoms with Gasteiger partial charge in [-0.15, -0.1) is 0 Å². The summed E-state index contributed by atoms with van der Waals surface area (Å²) >= 11 is 5.82. The highest BCUT2D eigenvalue weighted by atomic mass is 35.5. The molecule has 2 amide bonds. The van der Waals surface area contributed by atoms with E-state index in [1.165, 1.54) is 6.07 Å². The van der Waals surface area contributed by atoms with Crippen LogP contribution in [0.1, 0.15) is 16.8 Å². The molecule has 0 atom stereocenters. The number of primary amides is 2. The highest BCUT2D eigenvalue weighted by Gasteiger charge is 2.21. The molecule has 0 heterocycles. The first-order chi connectivity index (χ1) is 9.82. The lowest BCUT2D eigenvalue weighted by Gasteiger charge is -2.09. The maximum Gasteiger partial charge on any atom is 0.404 e. The van der Waals surface area contributed by atoms with Gasteiger partial charge in [0.15, 0.2) is 5.02 Å². The summed E-state index contributed by atoms with van der Waals surface area (Å²) in [5, 5.41) is 10.6. The van der Waals surface area contributed by atoms with Crippen LogP contribution in [-0.2, 0) is 4.74 Å². The highest BCUT2D eigenvalue weighted by Crippen LogP contribution is 2.35. The van der Waals surface area contributed by atoms with Gasteiger partial charge in [-0.25, -0.2) is 4.79 Å². The fourth-order valence-corrected chi connectivity index (χ4v) is 1.61. The molecule has 0 aliphatic heterocycles. The van der Waals surface area contributed by atoms with E-state index >= 15 is 0 Å². The minimum absolute atomic E-state index is 0.0184. The number of nitro benzene ring substituents is 1. The molecular weight excluding hydrogens is 306 g/mol. The predicted molar refractivity (Wildman–Crippen MR) is 72.3 cm³/mol. The van der Waals surface area contributed by atoms with Gasteiger partial charge in [-0.05, 0) is 6.07 Å². The number of carbonyl (C=O) groups excluding carboxylic acids is 2. The summed E-state index contributed by atoms with van der Waals surface area (Å²) in [6.45, 7) is 0.0664. The molecule has 0 aromatic heterocycles. The maximum atomic E-state index is 11.1. The van der Waals surface area contributed by atoms with Crippen LogP contribution >= 0.6 is 11.6 Å². The van der Waals surface area contributed by atoms with Crippen LogP contribution in [0.5, 0.6) is 5.75 Å². The molecule has 0 fully saturated rings. The molecule has 114 valence electrons. The number of nitro groups is 1. The van der Waals surface area contributed by atoms with Crippen LogP contribution in [-0.4, -0.2) is 30.1 Å². The first kappa shape index (κ1) is 16.5. The molecule has 0 radical (unpaired) electrons. The van der Waals surface area contributed by atoms with Gasteiger partial charge in [-0.1, -0.05) is 11.6 Å². The van der Waals surface area contributed by atoms with E-state index in [0.717, 1.165) is 6.07 Å². The number of hydrogen-bond acceptors (Lipinski definition) is 6. The van der Waals surface area contributed by atoms with E-state index in [9.17, 15) is 19.7 Å². The molecule has 4 N–H and O–H groups in total. The zero-order chi connectivity index (χ0) is 16.0. The molecule has 0 aliphatic carbocycles. The van der Waals surface area contributed by atoms with Crippen LogP contribution in [0.25, 0.3) is 0 Å². The summed E-state index contributed by atoms with van der Waals surface area (Å²) in [5.41, 5.74) is 9.25. The fourth-order valence-electron chi connectivity index (χ4n) is 1.38. The topological polar surface area (TPSA) is 148 Å². The number of nitrogens with two attached hydrogens (primary N) is 2. The molecule has 1 rings (SSSR count). The molecule has 0 spiro atoms. The zero-order valence-electron chi connectivity index (χ0n) is 10.7. The first-order valence-electron chi connectivity index (χ1n) is 5.65. The van der Waals surface area contributed by atoms with E-state index in [4.69, 9.17) is 27.8 Å². The van der Waals surface area contributed by atoms with Gasteiger partial charge in [0, 0.05) is 18.1 Å². The SMILES string of the molecule is NC(=O)OCCCOc1cc(C(N)=O)cc([N+](=O)[O-])c1Cl. The lowest BCUT2D eigenvalue weighted by molar-refractivity contribution is -0.384. The van der Waals surface area contributed by atoms with Gasteiger partial charge in [-0.3, -0.25) is 14.9 Å². The Morgan fingerprint density at radius 3 is 2.48 bits per heavy atom. The molecule has 0 saturated heterocycles. The van der Waals surface area contributed by atoms with Crippen molar-refractivity contribution in [3.05, 3.63) is 32.8 Å². The summed E-state index contributed by atoms with van der Waals surface area (Å²) in [7, 11) is 0. The summed E-state index contributed by atoms with van der Waals surface area (Å²) in [6, 6.07) is 2.17. The Balaban J connectivity index is 2.83. The number of rotatable bonds is 7. The van der Waals surface area contributed by atoms with E-state index in [-0.39, 0.29) is 36.0 Å². The molecule has 0 unspecified atom stereocenters. The van der Waals surface area contributed by atoms with Gasteiger partial charge in [-0.2, -0.15) is 0 Å². The maximum absolute atomic E-state index is 11.1. The van der Waals surface area contributed by atoms with Crippen molar-refractivity contribution < 1.29 is 24.0 Å². The monoisotopic (exact) mass is 317 g/mol. The van der Waals surface area contributed by atoms with Gasteiger partial charge in [0.25, 0.3) is 5.69 Å². The van der Waals surface area contributed by atoms with Gasteiger partial charge in [0.1, 0.15) is 5.75 Å². The molecule has 1 aromatic rings. The van der Waals surface area contributed by atoms with Crippen LogP contribution in [0.2, 0.25) is 5.02 Å². The fraction of sp³-hybridized carbons (Fsp3) is 0.273. The van der Waals surface area contributed by atoms with Gasteiger partial charge >= 0.3 is 6.09 Å². The Bertz CT molecular complexity index is 577. The van der Waals surface area contributed by atoms with E-state index in [1.54, 1.807) is 0 Å². The number of benzene rings is 1. The molecular formula is C11H12ClN3O6. The lowest BCUT2D eigenvalue weighted by Crippen LogP contribution is -2.15. The number of ether oxygens (including phenoxy) is 2. The van der Waals surface area contributed by atoms with Crippen LogP contribution in [0.4, 0.5) is 10.5 Å². The Kier molecular flexibility index (Phi) is 5.73. The first-order valence-corrected chi connectivity index (χ1v) is 6.03. The van der Waals surface area contributed by atoms with E-state index in [1.807, 2.05) is 0 Å². The van der Waals surface area contributed by atoms with Crippen LogP contribution in [0, 0.1) is 10.1 Å². The Morgan fingerprint density at radius 1 is 1.29 bits per heavy atom. The van der Waals surface area contributed by atoms with Crippen molar-refractivity contribution >= 4 is 29.3 Å². The molecule has 1 aromatic carbocycles. The van der Waals surface area contributed by atoms with E-state index in [2.05, 4.69) is 4.74 Å². The number of halogens is 1. The van der Waals surface area contributed by atoms with Crippen molar-refractivity contribution in [2.75, 3.05) is 13.2 Å². The summed E-state index contributed by atoms with van der Waals surface area (Å²) in [5.74, 6) is -0.907. The molecule has 9 nitrogen and oxygen atoms in total. The van der Waals surface area contributed by atoms with E-state index < -0.39 is 22.6 Å². The minimum atomic E-state index is -0.917. The number of amides is 2. The third-order valence-corrected chi connectivity index (χ3v) is 2.67. The van der Waals surface area contributed by atoms with E-state index in [0.29, 0.717) is 0 Å². The summed E-state index contributed by atoms with van der Waals surface area (Å²) < 4.78 is 9.70. The van der Waals surface area contributed by atoms with Gasteiger partial charge in [0.05, 0.1) is 18.1 Å². The smallest absolute Gasteiger partial charge is 0.404 e. The Morgan fingerprint density at radius 2 is 1.95 bits per heavy atom. The minimum Gasteiger partial charge on any atom is -0.492 e. The summed E-state index contributed by atoms with van der Waals surface area (Å²) in [4.78, 5) is 31.5. The van der Waals surface area contributed by atoms with Crippen LogP contribution < -0.4 is 16.2 Å². The van der Waals surface area contributed by atoms with Crippen molar-refractivity contribution in [2.24, 2.45) is 11.5 Å². The molecule has 0 aliphatic rings. The van der Waals surface area contributed by atoms with Crippen molar-refractivity contribution in [3.8, 4) is 5.75 Å². The molecule has 0 saturated carbocycles. The number of carbonyl (C=O) groups is 2. The van der Waals surface area contributed by atoms with Crippen molar-refractivity contribution in [1.29, 1.82) is 0 Å². The van der Waals surface area contributed by atoms with Crippen molar-refractivity contribution in [1.82, 2.24) is 0 Å². The Labute approximate surface area is 123 Å². The second kappa shape index (κ2) is 7.29. The van der Waals surface area contributed by atoms with Gasteiger partial charge in [0.2, 0.25) is 5.91 Å². The van der Waals surface area contributed by atoms with Gasteiger partial charge < -0.3 is 20.9 Å². The quantitative estimate of drug-likeness (QED) is 0.438. The Hall–Kier alpha value is -2.55. The zero-order valence-corrected chi connectivity index (χ0v) is 11.5. The summed E-state index contributed by atoms with van der Waals surface area (Å²) in [6.07, 6.45) is -0.632. The average molecular weight is 318 g/mol. The molecule has 21 heavy (non-hydrogen) atoms. The standard InChI is InChI=1S/C11H12ClN3O6/c12-9-7(15(18)19)4-6(10(13)16)5-8(9)20-2-1-3-21-11(14)17/h4-5H,1-3H2,(H2,13,16)(H2,14,17). The third kappa shape index (κ3) is 4.80. The number of nitrogens with zero attached hydrogens (tertiary/aromatic N) is 1. The second-order valence-corrected chi connectivity index (χ2v) is 4.18. The normalized spacial score (nSPS) is 9.95. The van der Waals surface area contributed by atoms with Crippen molar-refractivity contribution in [3.63, 3.8) is 0 Å². The number of hydrogen-bond donors (Lipinski definition) is 2. The third-order valence-electron chi connectivity index (χ3n) is 2.29. The highest BCUT2D eigenvalue weighted by molar-refractivity contribution is 6.34. The largest absolute Gasteiger partial charge is 0.492 e. The lowest BCUT2D eigenvalue weighted by atomic mass is 10.2.